The molecular weight excluding hydrogens is 346 g/mol. The van der Waals surface area contributed by atoms with E-state index in [1.54, 1.807) is 49.4 Å². The molecule has 2 rings (SSSR count). The molecule has 0 saturated heterocycles. The Labute approximate surface area is 138 Å². The smallest absolute Gasteiger partial charge is 0.255 e. The summed E-state index contributed by atoms with van der Waals surface area (Å²) in [4.78, 5) is 12.2. The summed E-state index contributed by atoms with van der Waals surface area (Å²) >= 11 is 3.39. The number of amides is 1. The molecule has 0 bridgehead atoms. The van der Waals surface area contributed by atoms with E-state index in [0.717, 1.165) is 10.0 Å². The van der Waals surface area contributed by atoms with Crippen LogP contribution in [-0.2, 0) is 0 Å². The quantitative estimate of drug-likeness (QED) is 0.838. The normalized spacial score (nSPS) is 11.8. The van der Waals surface area contributed by atoms with Crippen LogP contribution in [0.25, 0.3) is 0 Å². The lowest BCUT2D eigenvalue weighted by Crippen LogP contribution is -2.12. The Morgan fingerprint density at radius 3 is 2.50 bits per heavy atom. The minimum absolute atomic E-state index is 0.200. The Bertz CT molecular complexity index is 653. The molecule has 0 aromatic heterocycles. The van der Waals surface area contributed by atoms with Crippen LogP contribution in [0.15, 0.2) is 46.9 Å². The molecule has 116 valence electrons. The summed E-state index contributed by atoms with van der Waals surface area (Å²) in [5.74, 6) is 0.508. The van der Waals surface area contributed by atoms with Gasteiger partial charge in [0.05, 0.1) is 17.2 Å². The number of benzene rings is 2. The number of nitrogens with one attached hydrogen (secondary N) is 1. The summed E-state index contributed by atoms with van der Waals surface area (Å²) < 4.78 is 6.17. The van der Waals surface area contributed by atoms with Gasteiger partial charge in [-0.1, -0.05) is 12.1 Å². The van der Waals surface area contributed by atoms with Gasteiger partial charge in [0.1, 0.15) is 5.75 Å². The summed E-state index contributed by atoms with van der Waals surface area (Å²) in [7, 11) is 0. The molecular formula is C17H18BrNO3. The van der Waals surface area contributed by atoms with E-state index in [2.05, 4.69) is 21.2 Å². The zero-order valence-electron chi connectivity index (χ0n) is 12.5. The molecule has 0 aliphatic rings. The van der Waals surface area contributed by atoms with Crippen LogP contribution in [0.2, 0.25) is 0 Å². The summed E-state index contributed by atoms with van der Waals surface area (Å²) in [6.07, 6.45) is -0.521. The number of aliphatic hydroxyl groups excluding tert-OH is 1. The third kappa shape index (κ3) is 4.08. The summed E-state index contributed by atoms with van der Waals surface area (Å²) in [5.41, 5.74) is 2.02. The topological polar surface area (TPSA) is 58.6 Å². The number of aliphatic hydroxyl groups is 1. The molecule has 0 fully saturated rings. The van der Waals surface area contributed by atoms with Crippen molar-refractivity contribution in [3.63, 3.8) is 0 Å². The third-order valence-corrected chi connectivity index (χ3v) is 3.76. The van der Waals surface area contributed by atoms with Crippen molar-refractivity contribution in [2.75, 3.05) is 11.9 Å². The van der Waals surface area contributed by atoms with Gasteiger partial charge in [-0.15, -0.1) is 0 Å². The van der Waals surface area contributed by atoms with Crippen LogP contribution in [0.5, 0.6) is 5.75 Å². The summed E-state index contributed by atoms with van der Waals surface area (Å²) in [6, 6.07) is 12.3. The van der Waals surface area contributed by atoms with Crippen LogP contribution in [0, 0.1) is 0 Å². The predicted molar refractivity (Wildman–Crippen MR) is 90.3 cm³/mol. The van der Waals surface area contributed by atoms with Crippen molar-refractivity contribution >= 4 is 27.5 Å². The van der Waals surface area contributed by atoms with Gasteiger partial charge < -0.3 is 15.2 Å². The number of carbonyl (C=O) groups is 1. The van der Waals surface area contributed by atoms with Crippen molar-refractivity contribution in [1.82, 2.24) is 0 Å². The number of halogens is 1. The molecule has 0 radical (unpaired) electrons. The molecule has 2 aromatic carbocycles. The van der Waals surface area contributed by atoms with Crippen molar-refractivity contribution in [3.8, 4) is 5.75 Å². The molecule has 0 unspecified atom stereocenters. The second-order valence-electron chi connectivity index (χ2n) is 4.83. The van der Waals surface area contributed by atoms with Crippen LogP contribution in [0.3, 0.4) is 0 Å². The van der Waals surface area contributed by atoms with Gasteiger partial charge in [-0.2, -0.15) is 0 Å². The zero-order valence-corrected chi connectivity index (χ0v) is 14.1. The Hall–Kier alpha value is -1.85. The van der Waals surface area contributed by atoms with Gasteiger partial charge >= 0.3 is 0 Å². The van der Waals surface area contributed by atoms with Gasteiger partial charge in [-0.3, -0.25) is 4.79 Å². The van der Waals surface area contributed by atoms with Crippen LogP contribution in [0.1, 0.15) is 35.9 Å². The minimum Gasteiger partial charge on any atom is -0.493 e. The van der Waals surface area contributed by atoms with Crippen LogP contribution < -0.4 is 10.1 Å². The van der Waals surface area contributed by atoms with Gasteiger partial charge in [0.15, 0.2) is 0 Å². The van der Waals surface area contributed by atoms with E-state index in [9.17, 15) is 9.90 Å². The molecule has 1 atom stereocenters. The van der Waals surface area contributed by atoms with Crippen molar-refractivity contribution in [1.29, 1.82) is 0 Å². The average Bonchev–Trinajstić information content (AvgIpc) is 2.50. The van der Waals surface area contributed by atoms with Crippen LogP contribution >= 0.6 is 15.9 Å². The van der Waals surface area contributed by atoms with Crippen molar-refractivity contribution in [3.05, 3.63) is 58.1 Å². The summed E-state index contributed by atoms with van der Waals surface area (Å²) in [6.45, 7) is 4.18. The van der Waals surface area contributed by atoms with Crippen molar-refractivity contribution < 1.29 is 14.6 Å². The van der Waals surface area contributed by atoms with Crippen LogP contribution in [-0.4, -0.2) is 17.6 Å². The maximum absolute atomic E-state index is 12.2. The van der Waals surface area contributed by atoms with Crippen molar-refractivity contribution in [2.24, 2.45) is 0 Å². The van der Waals surface area contributed by atoms with E-state index in [1.807, 2.05) is 6.92 Å². The minimum atomic E-state index is -0.521. The van der Waals surface area contributed by atoms with E-state index in [1.165, 1.54) is 0 Å². The standard InChI is InChI=1S/C17H18BrNO3/c1-3-22-16-9-6-13(10-15(16)18)17(21)19-14-7-4-12(5-8-14)11(2)20/h4-11,20H,3H2,1-2H3,(H,19,21)/t11-/m0/s1. The molecule has 0 spiro atoms. The molecule has 2 N–H and O–H groups in total. The predicted octanol–water partition coefficient (Wildman–Crippen LogP) is 4.15. The molecule has 2 aromatic rings. The third-order valence-electron chi connectivity index (χ3n) is 3.14. The molecule has 4 nitrogen and oxygen atoms in total. The molecule has 0 heterocycles. The van der Waals surface area contributed by atoms with Gasteiger partial charge in [-0.05, 0) is 65.7 Å². The highest BCUT2D eigenvalue weighted by molar-refractivity contribution is 9.10. The fraction of sp³-hybridized carbons (Fsp3) is 0.235. The lowest BCUT2D eigenvalue weighted by molar-refractivity contribution is 0.102. The van der Waals surface area contributed by atoms with Crippen molar-refractivity contribution in [2.45, 2.75) is 20.0 Å². The molecule has 0 saturated carbocycles. The van der Waals surface area contributed by atoms with E-state index >= 15 is 0 Å². The fourth-order valence-electron chi connectivity index (χ4n) is 1.96. The Kier molecular flexibility index (Phi) is 5.57. The number of carbonyl (C=O) groups excluding carboxylic acids is 1. The molecule has 5 heteroatoms. The second-order valence-corrected chi connectivity index (χ2v) is 5.68. The zero-order chi connectivity index (χ0) is 16.1. The first-order valence-corrected chi connectivity index (χ1v) is 7.82. The number of hydrogen-bond acceptors (Lipinski definition) is 3. The maximum atomic E-state index is 12.2. The van der Waals surface area contributed by atoms with E-state index in [4.69, 9.17) is 4.74 Å². The van der Waals surface area contributed by atoms with Gasteiger partial charge in [0.2, 0.25) is 0 Å². The van der Waals surface area contributed by atoms with E-state index in [-0.39, 0.29) is 5.91 Å². The highest BCUT2D eigenvalue weighted by Crippen LogP contribution is 2.26. The second kappa shape index (κ2) is 7.42. The SMILES string of the molecule is CCOc1ccc(C(=O)Nc2ccc([C@H](C)O)cc2)cc1Br. The number of anilines is 1. The number of ether oxygens (including phenoxy) is 1. The fourth-order valence-corrected chi connectivity index (χ4v) is 2.46. The Morgan fingerprint density at radius 1 is 1.27 bits per heavy atom. The number of hydrogen-bond donors (Lipinski definition) is 2. The van der Waals surface area contributed by atoms with Crippen LogP contribution in [0.4, 0.5) is 5.69 Å². The van der Waals surface area contributed by atoms with E-state index in [0.29, 0.717) is 23.6 Å². The first-order chi connectivity index (χ1) is 10.5. The molecule has 1 amide bonds. The highest BCUT2D eigenvalue weighted by Gasteiger charge is 2.10. The van der Waals surface area contributed by atoms with E-state index < -0.39 is 6.10 Å². The average molecular weight is 364 g/mol. The lowest BCUT2D eigenvalue weighted by Gasteiger charge is -2.10. The lowest BCUT2D eigenvalue weighted by atomic mass is 10.1. The number of rotatable bonds is 5. The first-order valence-electron chi connectivity index (χ1n) is 7.03. The largest absolute Gasteiger partial charge is 0.493 e. The van der Waals surface area contributed by atoms with Gasteiger partial charge in [0.25, 0.3) is 5.91 Å². The highest BCUT2D eigenvalue weighted by atomic mass is 79.9. The Balaban J connectivity index is 2.10. The molecule has 0 aliphatic carbocycles. The molecule has 0 aliphatic heterocycles. The van der Waals surface area contributed by atoms with Gasteiger partial charge in [0, 0.05) is 11.3 Å². The monoisotopic (exact) mass is 363 g/mol. The summed E-state index contributed by atoms with van der Waals surface area (Å²) in [5, 5.41) is 12.3. The first kappa shape index (κ1) is 16.5. The molecule has 22 heavy (non-hydrogen) atoms. The Morgan fingerprint density at radius 2 is 1.95 bits per heavy atom. The maximum Gasteiger partial charge on any atom is 0.255 e. The van der Waals surface area contributed by atoms with Gasteiger partial charge in [-0.25, -0.2) is 0 Å².